The normalized spacial score (nSPS) is 24.2. The van der Waals surface area contributed by atoms with E-state index in [2.05, 4.69) is 30.1 Å². The maximum Gasteiger partial charge on any atom is 0.226 e. The smallest absolute Gasteiger partial charge is 0.226 e. The quantitative estimate of drug-likeness (QED) is 0.929. The van der Waals surface area contributed by atoms with Crippen molar-refractivity contribution in [1.82, 2.24) is 10.2 Å². The Hall–Kier alpha value is -1.55. The first-order chi connectivity index (χ1) is 10.6. The van der Waals surface area contributed by atoms with Crippen LogP contribution in [0, 0.1) is 13.8 Å². The molecule has 0 saturated carbocycles. The van der Waals surface area contributed by atoms with E-state index in [1.807, 2.05) is 12.1 Å². The molecule has 1 aromatic carbocycles. The van der Waals surface area contributed by atoms with E-state index in [9.17, 15) is 4.79 Å². The van der Waals surface area contributed by atoms with Gasteiger partial charge in [-0.1, -0.05) is 6.07 Å². The van der Waals surface area contributed by atoms with Gasteiger partial charge in [0.1, 0.15) is 5.75 Å². The Morgan fingerprint density at radius 2 is 1.91 bits per heavy atom. The topological polar surface area (TPSA) is 41.6 Å². The van der Waals surface area contributed by atoms with Crippen molar-refractivity contribution in [2.24, 2.45) is 0 Å². The summed E-state index contributed by atoms with van der Waals surface area (Å²) in [4.78, 5) is 14.7. The molecule has 4 nitrogen and oxygen atoms in total. The van der Waals surface area contributed by atoms with Crippen LogP contribution < -0.4 is 10.1 Å². The van der Waals surface area contributed by atoms with E-state index in [1.54, 1.807) is 0 Å². The molecule has 2 unspecified atom stereocenters. The third-order valence-corrected chi connectivity index (χ3v) is 4.72. The Morgan fingerprint density at radius 3 is 2.68 bits per heavy atom. The van der Waals surface area contributed by atoms with Gasteiger partial charge in [-0.25, -0.2) is 0 Å². The summed E-state index contributed by atoms with van der Waals surface area (Å²) in [7, 11) is 0. The molecule has 2 bridgehead atoms. The molecule has 120 valence electrons. The number of benzene rings is 1. The van der Waals surface area contributed by atoms with Gasteiger partial charge in [-0.3, -0.25) is 4.79 Å². The fourth-order valence-corrected chi connectivity index (χ4v) is 3.79. The van der Waals surface area contributed by atoms with Crippen LogP contribution >= 0.6 is 0 Å². The number of nitrogens with zero attached hydrogens (tertiary/aromatic N) is 1. The number of ether oxygens (including phenoxy) is 1. The first-order valence-corrected chi connectivity index (χ1v) is 8.36. The van der Waals surface area contributed by atoms with Crippen LogP contribution in [0.15, 0.2) is 18.2 Å². The minimum absolute atomic E-state index is 0.251. The second kappa shape index (κ2) is 6.69. The molecule has 1 aromatic rings. The lowest BCUT2D eigenvalue weighted by Gasteiger charge is -2.28. The number of carbonyl (C=O) groups is 1. The van der Waals surface area contributed by atoms with Gasteiger partial charge in [-0.2, -0.15) is 0 Å². The summed E-state index contributed by atoms with van der Waals surface area (Å²) in [5.41, 5.74) is 2.39. The van der Waals surface area contributed by atoms with Gasteiger partial charge in [0.05, 0.1) is 13.0 Å². The standard InChI is InChI=1S/C18H26N2O2/c1-13-9-14(2)11-17(10-13)22-8-6-18(21)20-15-3-4-16(20)12-19-7-5-15/h9-11,15-16,19H,3-8,12H2,1-2H3. The van der Waals surface area contributed by atoms with E-state index in [1.165, 1.54) is 11.1 Å². The van der Waals surface area contributed by atoms with E-state index < -0.39 is 0 Å². The lowest BCUT2D eigenvalue weighted by molar-refractivity contribution is -0.134. The summed E-state index contributed by atoms with van der Waals surface area (Å²) in [5, 5.41) is 3.43. The Balaban J connectivity index is 1.54. The fourth-order valence-electron chi connectivity index (χ4n) is 3.79. The summed E-state index contributed by atoms with van der Waals surface area (Å²) in [6.07, 6.45) is 3.86. The lowest BCUT2D eigenvalue weighted by Crippen LogP contribution is -2.42. The second-order valence-corrected chi connectivity index (χ2v) is 6.60. The third kappa shape index (κ3) is 3.43. The van der Waals surface area contributed by atoms with Crippen LogP contribution in [0.2, 0.25) is 0 Å². The zero-order chi connectivity index (χ0) is 15.5. The van der Waals surface area contributed by atoms with Gasteiger partial charge in [0.25, 0.3) is 0 Å². The molecule has 1 N–H and O–H groups in total. The van der Waals surface area contributed by atoms with Crippen LogP contribution in [-0.2, 0) is 4.79 Å². The first kappa shape index (κ1) is 15.3. The summed E-state index contributed by atoms with van der Waals surface area (Å²) >= 11 is 0. The Bertz CT molecular complexity index is 510. The molecule has 3 rings (SSSR count). The minimum Gasteiger partial charge on any atom is -0.493 e. The predicted molar refractivity (Wildman–Crippen MR) is 87.2 cm³/mol. The molecule has 22 heavy (non-hydrogen) atoms. The number of carbonyl (C=O) groups excluding carboxylic acids is 1. The lowest BCUT2D eigenvalue weighted by atomic mass is 10.1. The maximum atomic E-state index is 12.6. The van der Waals surface area contributed by atoms with Crippen molar-refractivity contribution < 1.29 is 9.53 Å². The highest BCUT2D eigenvalue weighted by Crippen LogP contribution is 2.28. The van der Waals surface area contributed by atoms with E-state index in [0.717, 1.165) is 38.1 Å². The van der Waals surface area contributed by atoms with E-state index in [-0.39, 0.29) is 5.91 Å². The van der Waals surface area contributed by atoms with Gasteiger partial charge in [-0.15, -0.1) is 0 Å². The van der Waals surface area contributed by atoms with E-state index >= 15 is 0 Å². The molecule has 1 amide bonds. The predicted octanol–water partition coefficient (Wildman–Crippen LogP) is 2.43. The number of rotatable bonds is 4. The van der Waals surface area contributed by atoms with Crippen LogP contribution in [0.1, 0.15) is 36.8 Å². The van der Waals surface area contributed by atoms with Crippen molar-refractivity contribution in [3.05, 3.63) is 29.3 Å². The summed E-state index contributed by atoms with van der Waals surface area (Å²) in [5.74, 6) is 1.12. The second-order valence-electron chi connectivity index (χ2n) is 6.60. The van der Waals surface area contributed by atoms with Gasteiger partial charge in [-0.05, 0) is 62.9 Å². The number of nitrogens with one attached hydrogen (secondary N) is 1. The molecule has 2 aliphatic heterocycles. The van der Waals surface area contributed by atoms with E-state index in [4.69, 9.17) is 4.74 Å². The highest BCUT2D eigenvalue weighted by Gasteiger charge is 2.37. The average Bonchev–Trinajstić information content (AvgIpc) is 2.71. The molecule has 0 spiro atoms. The van der Waals surface area contributed by atoms with Crippen molar-refractivity contribution in [2.75, 3.05) is 19.7 Å². The maximum absolute atomic E-state index is 12.6. The van der Waals surface area contributed by atoms with E-state index in [0.29, 0.717) is 25.1 Å². The van der Waals surface area contributed by atoms with Crippen LogP contribution in [0.25, 0.3) is 0 Å². The molecule has 2 saturated heterocycles. The zero-order valence-corrected chi connectivity index (χ0v) is 13.6. The molecule has 2 aliphatic rings. The molecule has 4 heteroatoms. The van der Waals surface area contributed by atoms with Gasteiger partial charge >= 0.3 is 0 Å². The Morgan fingerprint density at radius 1 is 1.18 bits per heavy atom. The number of hydrogen-bond acceptors (Lipinski definition) is 3. The average molecular weight is 302 g/mol. The molecule has 0 aromatic heterocycles. The zero-order valence-electron chi connectivity index (χ0n) is 13.6. The molecule has 0 radical (unpaired) electrons. The van der Waals surface area contributed by atoms with Gasteiger partial charge in [0.15, 0.2) is 0 Å². The van der Waals surface area contributed by atoms with Crippen molar-refractivity contribution in [3.8, 4) is 5.75 Å². The summed E-state index contributed by atoms with van der Waals surface area (Å²) in [6, 6.07) is 7.00. The number of fused-ring (bicyclic) bond motifs is 2. The highest BCUT2D eigenvalue weighted by atomic mass is 16.5. The number of aryl methyl sites for hydroxylation is 2. The molecule has 2 heterocycles. The number of hydrogen-bond donors (Lipinski definition) is 1. The van der Waals surface area contributed by atoms with Crippen molar-refractivity contribution in [2.45, 2.75) is 51.6 Å². The Kier molecular flexibility index (Phi) is 4.67. The fraction of sp³-hybridized carbons (Fsp3) is 0.611. The van der Waals surface area contributed by atoms with Crippen LogP contribution in [0.5, 0.6) is 5.75 Å². The highest BCUT2D eigenvalue weighted by molar-refractivity contribution is 5.77. The van der Waals surface area contributed by atoms with Crippen LogP contribution in [-0.4, -0.2) is 42.6 Å². The van der Waals surface area contributed by atoms with Gasteiger partial charge in [0, 0.05) is 18.6 Å². The molecular weight excluding hydrogens is 276 g/mol. The summed E-state index contributed by atoms with van der Waals surface area (Å²) in [6.45, 7) is 6.56. The van der Waals surface area contributed by atoms with Crippen LogP contribution in [0.4, 0.5) is 0 Å². The van der Waals surface area contributed by atoms with Crippen molar-refractivity contribution in [1.29, 1.82) is 0 Å². The monoisotopic (exact) mass is 302 g/mol. The molecular formula is C18H26N2O2. The molecule has 2 fully saturated rings. The SMILES string of the molecule is Cc1cc(C)cc(OCCC(=O)N2C3CCNCC2CC3)c1. The van der Waals surface area contributed by atoms with Crippen molar-refractivity contribution in [3.63, 3.8) is 0 Å². The minimum atomic E-state index is 0.251. The first-order valence-electron chi connectivity index (χ1n) is 8.36. The molecule has 0 aliphatic carbocycles. The number of amides is 1. The largest absolute Gasteiger partial charge is 0.493 e. The van der Waals surface area contributed by atoms with Crippen LogP contribution in [0.3, 0.4) is 0 Å². The van der Waals surface area contributed by atoms with Crippen molar-refractivity contribution >= 4 is 5.91 Å². The third-order valence-electron chi connectivity index (χ3n) is 4.72. The molecule has 2 atom stereocenters. The summed E-state index contributed by atoms with van der Waals surface area (Å²) < 4.78 is 5.79. The van der Waals surface area contributed by atoms with Gasteiger partial charge in [0.2, 0.25) is 5.91 Å². The van der Waals surface area contributed by atoms with Gasteiger partial charge < -0.3 is 15.0 Å². The Labute approximate surface area is 132 Å².